The number of hydrogen-bond acceptors (Lipinski definition) is 4. The SMILES string of the molecule is CC1N=C2SC=CN2C(=O)C1CCN1CCC(=C(c2ccc(F)cc2)c2ccc(F)cc2)CC1. The lowest BCUT2D eigenvalue weighted by Gasteiger charge is -2.34. The zero-order valence-corrected chi connectivity index (χ0v) is 19.9. The molecule has 2 unspecified atom stereocenters. The molecule has 5 rings (SSSR count). The molecule has 1 amide bonds. The average molecular weight is 480 g/mol. The van der Waals surface area contributed by atoms with Crippen molar-refractivity contribution in [2.45, 2.75) is 32.2 Å². The number of nitrogens with zero attached hydrogens (tertiary/aromatic N) is 3. The van der Waals surface area contributed by atoms with E-state index >= 15 is 0 Å². The lowest BCUT2D eigenvalue weighted by Crippen LogP contribution is -2.44. The third-order valence-electron chi connectivity index (χ3n) is 6.88. The molecule has 2 aromatic rings. The minimum Gasteiger partial charge on any atom is -0.303 e. The Morgan fingerprint density at radius 3 is 2.18 bits per heavy atom. The predicted molar refractivity (Wildman–Crippen MR) is 133 cm³/mol. The van der Waals surface area contributed by atoms with Crippen molar-refractivity contribution in [2.24, 2.45) is 10.9 Å². The number of benzene rings is 2. The first-order valence-electron chi connectivity index (χ1n) is 11.7. The first kappa shape index (κ1) is 23.0. The number of amidine groups is 1. The molecule has 176 valence electrons. The minimum absolute atomic E-state index is 0.00467. The summed E-state index contributed by atoms with van der Waals surface area (Å²) in [7, 11) is 0. The molecule has 2 atom stereocenters. The van der Waals surface area contributed by atoms with Crippen LogP contribution in [0.4, 0.5) is 8.78 Å². The number of carbonyl (C=O) groups excluding carboxylic acids is 1. The Bertz CT molecular complexity index is 1100. The summed E-state index contributed by atoms with van der Waals surface area (Å²) >= 11 is 1.50. The summed E-state index contributed by atoms with van der Waals surface area (Å²) in [5, 5.41) is 2.69. The standard InChI is InChI=1S/C27H27F2N3OS/c1-18-24(26(33)32-16-17-34-27(32)30-18)12-15-31-13-10-21(11-14-31)25(19-2-6-22(28)7-3-19)20-4-8-23(29)9-5-20/h2-9,16-18,24H,10-15H2,1H3. The summed E-state index contributed by atoms with van der Waals surface area (Å²) in [4.78, 5) is 21.7. The molecule has 3 aliphatic rings. The van der Waals surface area contributed by atoms with Crippen LogP contribution in [0.2, 0.25) is 0 Å². The van der Waals surface area contributed by atoms with Crippen molar-refractivity contribution in [1.29, 1.82) is 0 Å². The summed E-state index contributed by atoms with van der Waals surface area (Å²) in [5.41, 5.74) is 4.26. The number of fused-ring (bicyclic) bond motifs is 1. The maximum Gasteiger partial charge on any atom is 0.237 e. The molecule has 0 radical (unpaired) electrons. The third-order valence-corrected chi connectivity index (χ3v) is 7.65. The highest BCUT2D eigenvalue weighted by Gasteiger charge is 2.37. The van der Waals surface area contributed by atoms with E-state index in [4.69, 9.17) is 4.99 Å². The number of carbonyl (C=O) groups is 1. The van der Waals surface area contributed by atoms with E-state index in [9.17, 15) is 13.6 Å². The van der Waals surface area contributed by atoms with Gasteiger partial charge in [0.2, 0.25) is 5.91 Å². The van der Waals surface area contributed by atoms with Gasteiger partial charge in [0.25, 0.3) is 0 Å². The van der Waals surface area contributed by atoms with Crippen molar-refractivity contribution in [3.63, 3.8) is 0 Å². The van der Waals surface area contributed by atoms with E-state index in [1.54, 1.807) is 29.2 Å². The summed E-state index contributed by atoms with van der Waals surface area (Å²) in [5.74, 6) is -0.495. The number of hydrogen-bond donors (Lipinski definition) is 0. The molecule has 1 saturated heterocycles. The fourth-order valence-electron chi connectivity index (χ4n) is 4.97. The van der Waals surface area contributed by atoms with Crippen LogP contribution in [0.15, 0.2) is 70.7 Å². The second-order valence-electron chi connectivity index (χ2n) is 8.99. The molecule has 1 fully saturated rings. The first-order chi connectivity index (χ1) is 16.5. The van der Waals surface area contributed by atoms with Gasteiger partial charge in [-0.25, -0.2) is 8.78 Å². The van der Waals surface area contributed by atoms with Crippen molar-refractivity contribution in [2.75, 3.05) is 19.6 Å². The predicted octanol–water partition coefficient (Wildman–Crippen LogP) is 5.67. The van der Waals surface area contributed by atoms with Gasteiger partial charge < -0.3 is 4.90 Å². The van der Waals surface area contributed by atoms with Crippen LogP contribution in [0.3, 0.4) is 0 Å². The van der Waals surface area contributed by atoms with Gasteiger partial charge in [-0.2, -0.15) is 0 Å². The van der Waals surface area contributed by atoms with Gasteiger partial charge >= 0.3 is 0 Å². The Morgan fingerprint density at radius 2 is 1.59 bits per heavy atom. The largest absolute Gasteiger partial charge is 0.303 e. The van der Waals surface area contributed by atoms with Crippen molar-refractivity contribution < 1.29 is 13.6 Å². The lowest BCUT2D eigenvalue weighted by molar-refractivity contribution is -0.131. The Hall–Kier alpha value is -2.77. The van der Waals surface area contributed by atoms with Crippen molar-refractivity contribution >= 4 is 28.4 Å². The number of aliphatic imine (C=N–C) groups is 1. The molecule has 34 heavy (non-hydrogen) atoms. The smallest absolute Gasteiger partial charge is 0.237 e. The quantitative estimate of drug-likeness (QED) is 0.554. The van der Waals surface area contributed by atoms with E-state index in [0.717, 1.165) is 60.8 Å². The van der Waals surface area contributed by atoms with Gasteiger partial charge in [-0.05, 0) is 79.1 Å². The third kappa shape index (κ3) is 4.72. The Kier molecular flexibility index (Phi) is 6.66. The maximum absolute atomic E-state index is 13.6. The van der Waals surface area contributed by atoms with Gasteiger partial charge in [-0.3, -0.25) is 14.7 Å². The molecular formula is C27H27F2N3OS. The zero-order chi connectivity index (χ0) is 23.7. The highest BCUT2D eigenvalue weighted by atomic mass is 32.2. The molecule has 0 bridgehead atoms. The monoisotopic (exact) mass is 479 g/mol. The molecule has 4 nitrogen and oxygen atoms in total. The lowest BCUT2D eigenvalue weighted by atomic mass is 9.88. The summed E-state index contributed by atoms with van der Waals surface area (Å²) in [6.45, 7) is 4.67. The molecular weight excluding hydrogens is 452 g/mol. The molecule has 2 aromatic carbocycles. The molecule has 3 aliphatic heterocycles. The Labute approximate surface area is 203 Å². The number of amides is 1. The zero-order valence-electron chi connectivity index (χ0n) is 19.1. The second-order valence-corrected chi connectivity index (χ2v) is 9.87. The van der Waals surface area contributed by atoms with Crippen LogP contribution in [0.1, 0.15) is 37.3 Å². The first-order valence-corrected chi connectivity index (χ1v) is 12.6. The average Bonchev–Trinajstić information content (AvgIpc) is 3.31. The van der Waals surface area contributed by atoms with Crippen LogP contribution in [0.5, 0.6) is 0 Å². The van der Waals surface area contributed by atoms with E-state index in [1.165, 1.54) is 41.6 Å². The van der Waals surface area contributed by atoms with Crippen molar-refractivity contribution in [1.82, 2.24) is 9.80 Å². The Morgan fingerprint density at radius 1 is 1.00 bits per heavy atom. The molecule has 3 heterocycles. The molecule has 0 aliphatic carbocycles. The molecule has 7 heteroatoms. The number of rotatable bonds is 5. The van der Waals surface area contributed by atoms with Gasteiger partial charge in [0.15, 0.2) is 5.17 Å². The molecule has 0 spiro atoms. The van der Waals surface area contributed by atoms with Crippen molar-refractivity contribution in [3.05, 3.63) is 88.5 Å². The summed E-state index contributed by atoms with van der Waals surface area (Å²) in [6.07, 6.45) is 4.36. The van der Waals surface area contributed by atoms with Crippen LogP contribution >= 0.6 is 11.8 Å². The second kappa shape index (κ2) is 9.84. The number of likely N-dealkylation sites (tertiary alicyclic amines) is 1. The van der Waals surface area contributed by atoms with Crippen LogP contribution in [0, 0.1) is 17.6 Å². The van der Waals surface area contributed by atoms with E-state index in [2.05, 4.69) is 4.90 Å². The van der Waals surface area contributed by atoms with Crippen LogP contribution in [-0.2, 0) is 4.79 Å². The Balaban J connectivity index is 1.29. The topological polar surface area (TPSA) is 35.9 Å². The van der Waals surface area contributed by atoms with Gasteiger partial charge in [-0.15, -0.1) is 0 Å². The summed E-state index contributed by atoms with van der Waals surface area (Å²) in [6, 6.07) is 13.1. The number of thioether (sulfide) groups is 1. The van der Waals surface area contributed by atoms with Crippen LogP contribution < -0.4 is 0 Å². The van der Waals surface area contributed by atoms with Crippen LogP contribution in [0.25, 0.3) is 5.57 Å². The van der Waals surface area contributed by atoms with Crippen LogP contribution in [-0.4, -0.2) is 46.6 Å². The highest BCUT2D eigenvalue weighted by molar-refractivity contribution is 8.16. The fourth-order valence-corrected chi connectivity index (χ4v) is 5.77. The van der Waals surface area contributed by atoms with E-state index < -0.39 is 0 Å². The van der Waals surface area contributed by atoms with Gasteiger partial charge in [0.05, 0.1) is 12.0 Å². The van der Waals surface area contributed by atoms with Gasteiger partial charge in [0.1, 0.15) is 11.6 Å². The van der Waals surface area contributed by atoms with Crippen molar-refractivity contribution in [3.8, 4) is 0 Å². The van der Waals surface area contributed by atoms with Gasteiger partial charge in [0, 0.05) is 19.3 Å². The van der Waals surface area contributed by atoms with E-state index in [0.29, 0.717) is 0 Å². The van der Waals surface area contributed by atoms with E-state index in [1.807, 2.05) is 18.5 Å². The maximum atomic E-state index is 13.6. The fraction of sp³-hybridized carbons (Fsp3) is 0.333. The molecule has 0 N–H and O–H groups in total. The number of piperidine rings is 1. The van der Waals surface area contributed by atoms with E-state index in [-0.39, 0.29) is 29.5 Å². The normalized spacial score (nSPS) is 22.7. The van der Waals surface area contributed by atoms with Gasteiger partial charge in [-0.1, -0.05) is 41.6 Å². The number of halogens is 2. The summed E-state index contributed by atoms with van der Waals surface area (Å²) < 4.78 is 27.1. The molecule has 0 aromatic heterocycles. The highest BCUT2D eigenvalue weighted by Crippen LogP contribution is 2.34. The minimum atomic E-state index is -0.270. The molecule has 0 saturated carbocycles.